The minimum atomic E-state index is -0.696. The third kappa shape index (κ3) is 6.01. The van der Waals surface area contributed by atoms with Crippen LogP contribution in [0.1, 0.15) is 75.4 Å². The molecule has 0 bridgehead atoms. The number of amides is 2. The molecular formula is C22H36N4O2S. The van der Waals surface area contributed by atoms with E-state index in [-0.39, 0.29) is 17.7 Å². The van der Waals surface area contributed by atoms with Crippen molar-refractivity contribution in [3.05, 3.63) is 16.1 Å². The zero-order valence-electron chi connectivity index (χ0n) is 18.0. The third-order valence-corrected chi connectivity index (χ3v) is 7.15. The average Bonchev–Trinajstić information content (AvgIpc) is 3.14. The Morgan fingerprint density at radius 3 is 2.59 bits per heavy atom. The van der Waals surface area contributed by atoms with Crippen LogP contribution < -0.4 is 10.6 Å². The number of hydrogen-bond acceptors (Lipinski definition) is 5. The first-order valence-electron chi connectivity index (χ1n) is 11.3. The lowest BCUT2D eigenvalue weighted by molar-refractivity contribution is -0.137. The number of likely N-dealkylation sites (tertiary alicyclic amines) is 1. The summed E-state index contributed by atoms with van der Waals surface area (Å²) >= 11 is 1.69. The minimum Gasteiger partial charge on any atom is -0.354 e. The Kier molecular flexibility index (Phi) is 8.07. The smallest absolute Gasteiger partial charge is 0.245 e. The number of rotatable bonds is 8. The molecule has 162 valence electrons. The van der Waals surface area contributed by atoms with Crippen LogP contribution in [0.3, 0.4) is 0 Å². The molecular weight excluding hydrogens is 384 g/mol. The molecule has 2 heterocycles. The maximum Gasteiger partial charge on any atom is 0.245 e. The van der Waals surface area contributed by atoms with Gasteiger partial charge in [-0.1, -0.05) is 32.6 Å². The van der Waals surface area contributed by atoms with Crippen LogP contribution in [0.25, 0.3) is 0 Å². The van der Waals surface area contributed by atoms with Crippen LogP contribution in [0.4, 0.5) is 0 Å². The SMILES string of the molecule is CCCCNC(=O)C1(NC(=O)C2CCN(Cc3csc(C)n3)CC2)CCCCC1. The number of carbonyl (C=O) groups excluding carboxylic acids is 2. The van der Waals surface area contributed by atoms with E-state index in [1.54, 1.807) is 11.3 Å². The Morgan fingerprint density at radius 2 is 1.97 bits per heavy atom. The Hall–Kier alpha value is -1.47. The van der Waals surface area contributed by atoms with E-state index in [1.165, 1.54) is 0 Å². The predicted octanol–water partition coefficient (Wildman–Crippen LogP) is 3.40. The summed E-state index contributed by atoms with van der Waals surface area (Å²) in [5.74, 6) is 0.0997. The third-order valence-electron chi connectivity index (χ3n) is 6.33. The molecule has 1 aromatic rings. The quantitative estimate of drug-likeness (QED) is 0.632. The van der Waals surface area contributed by atoms with E-state index in [0.717, 1.165) is 88.1 Å². The van der Waals surface area contributed by atoms with Crippen molar-refractivity contribution in [2.75, 3.05) is 19.6 Å². The van der Waals surface area contributed by atoms with Crippen molar-refractivity contribution >= 4 is 23.2 Å². The fraction of sp³-hybridized carbons (Fsp3) is 0.773. The summed E-state index contributed by atoms with van der Waals surface area (Å²) in [6.45, 7) is 7.52. The van der Waals surface area contributed by atoms with Crippen LogP contribution in [0, 0.1) is 12.8 Å². The number of carbonyl (C=O) groups is 2. The van der Waals surface area contributed by atoms with Crippen molar-refractivity contribution < 1.29 is 9.59 Å². The molecule has 1 aromatic heterocycles. The number of unbranched alkanes of at least 4 members (excludes halogenated alkanes) is 1. The Morgan fingerprint density at radius 1 is 1.24 bits per heavy atom. The summed E-state index contributed by atoms with van der Waals surface area (Å²) in [6.07, 6.45) is 8.42. The minimum absolute atomic E-state index is 0.00524. The molecule has 0 aromatic carbocycles. The second kappa shape index (κ2) is 10.5. The number of aryl methyl sites for hydroxylation is 1. The standard InChI is InChI=1S/C22H36N4O2S/c1-3-4-12-23-21(28)22(10-6-5-7-11-22)25-20(27)18-8-13-26(14-9-18)15-19-16-29-17(2)24-19/h16,18H,3-15H2,1-2H3,(H,23,28)(H,25,27). The highest BCUT2D eigenvalue weighted by molar-refractivity contribution is 7.09. The van der Waals surface area contributed by atoms with Gasteiger partial charge in [-0.05, 0) is 52.1 Å². The molecule has 1 aliphatic carbocycles. The molecule has 7 heteroatoms. The van der Waals surface area contributed by atoms with Crippen LogP contribution in [-0.2, 0) is 16.1 Å². The summed E-state index contributed by atoms with van der Waals surface area (Å²) in [5, 5.41) is 9.51. The highest BCUT2D eigenvalue weighted by atomic mass is 32.1. The Labute approximate surface area is 178 Å². The monoisotopic (exact) mass is 420 g/mol. The highest BCUT2D eigenvalue weighted by Crippen LogP contribution is 2.30. The molecule has 3 rings (SSSR count). The first-order chi connectivity index (χ1) is 14.0. The predicted molar refractivity (Wildman–Crippen MR) is 117 cm³/mol. The molecule has 0 radical (unpaired) electrons. The summed E-state index contributed by atoms with van der Waals surface area (Å²) in [6, 6.07) is 0. The Bertz CT molecular complexity index is 676. The first-order valence-corrected chi connectivity index (χ1v) is 12.1. The van der Waals surface area contributed by atoms with Gasteiger partial charge in [-0.25, -0.2) is 4.98 Å². The van der Waals surface area contributed by atoms with Gasteiger partial charge in [0.25, 0.3) is 0 Å². The largest absolute Gasteiger partial charge is 0.354 e. The van der Waals surface area contributed by atoms with E-state index in [4.69, 9.17) is 0 Å². The lowest BCUT2D eigenvalue weighted by atomic mass is 9.80. The van der Waals surface area contributed by atoms with Gasteiger partial charge in [0.05, 0.1) is 10.7 Å². The summed E-state index contributed by atoms with van der Waals surface area (Å²) in [7, 11) is 0. The molecule has 0 atom stereocenters. The van der Waals surface area contributed by atoms with Crippen LogP contribution >= 0.6 is 11.3 Å². The number of nitrogens with zero attached hydrogens (tertiary/aromatic N) is 2. The summed E-state index contributed by atoms with van der Waals surface area (Å²) in [4.78, 5) is 32.9. The first kappa shape index (κ1) is 22.2. The fourth-order valence-corrected chi connectivity index (χ4v) is 5.12. The lowest BCUT2D eigenvalue weighted by Gasteiger charge is -2.39. The van der Waals surface area contributed by atoms with Crippen LogP contribution in [0.5, 0.6) is 0 Å². The van der Waals surface area contributed by atoms with Gasteiger partial charge in [0.15, 0.2) is 0 Å². The van der Waals surface area contributed by atoms with Crippen molar-refractivity contribution in [1.29, 1.82) is 0 Å². The maximum absolute atomic E-state index is 13.1. The van der Waals surface area contributed by atoms with E-state index in [1.807, 2.05) is 6.92 Å². The van der Waals surface area contributed by atoms with Gasteiger partial charge >= 0.3 is 0 Å². The average molecular weight is 421 g/mol. The van der Waals surface area contributed by atoms with E-state index < -0.39 is 5.54 Å². The number of hydrogen-bond donors (Lipinski definition) is 2. The molecule has 2 amide bonds. The van der Waals surface area contributed by atoms with Crippen LogP contribution in [-0.4, -0.2) is 46.9 Å². The van der Waals surface area contributed by atoms with Gasteiger partial charge in [0.1, 0.15) is 5.54 Å². The molecule has 1 saturated carbocycles. The van der Waals surface area contributed by atoms with E-state index >= 15 is 0 Å². The number of piperidine rings is 1. The van der Waals surface area contributed by atoms with Gasteiger partial charge in [0, 0.05) is 24.4 Å². The number of thiazole rings is 1. The molecule has 0 spiro atoms. The molecule has 29 heavy (non-hydrogen) atoms. The normalized spacial score (nSPS) is 20.3. The molecule has 6 nitrogen and oxygen atoms in total. The number of nitrogens with one attached hydrogen (secondary N) is 2. The van der Waals surface area contributed by atoms with E-state index in [2.05, 4.69) is 32.8 Å². The number of aromatic nitrogens is 1. The van der Waals surface area contributed by atoms with Crippen molar-refractivity contribution in [2.45, 2.75) is 83.7 Å². The molecule has 1 saturated heterocycles. The molecule has 0 unspecified atom stereocenters. The second-order valence-electron chi connectivity index (χ2n) is 8.65. The summed E-state index contributed by atoms with van der Waals surface area (Å²) < 4.78 is 0. The Balaban J connectivity index is 1.52. The molecule has 2 fully saturated rings. The van der Waals surface area contributed by atoms with Gasteiger partial charge in [-0.2, -0.15) is 0 Å². The zero-order chi connectivity index (χ0) is 20.7. The zero-order valence-corrected chi connectivity index (χ0v) is 18.8. The van der Waals surface area contributed by atoms with Gasteiger partial charge < -0.3 is 10.6 Å². The highest BCUT2D eigenvalue weighted by Gasteiger charge is 2.42. The lowest BCUT2D eigenvalue weighted by Crippen LogP contribution is -2.61. The topological polar surface area (TPSA) is 74.3 Å². The van der Waals surface area contributed by atoms with Crippen LogP contribution in [0.2, 0.25) is 0 Å². The van der Waals surface area contributed by atoms with Gasteiger partial charge in [-0.15, -0.1) is 11.3 Å². The maximum atomic E-state index is 13.1. The van der Waals surface area contributed by atoms with Crippen molar-refractivity contribution in [2.24, 2.45) is 5.92 Å². The molecule has 2 aliphatic rings. The van der Waals surface area contributed by atoms with Crippen molar-refractivity contribution in [3.8, 4) is 0 Å². The van der Waals surface area contributed by atoms with E-state index in [9.17, 15) is 9.59 Å². The molecule has 1 aliphatic heterocycles. The van der Waals surface area contributed by atoms with Crippen molar-refractivity contribution in [1.82, 2.24) is 20.5 Å². The van der Waals surface area contributed by atoms with E-state index in [0.29, 0.717) is 6.54 Å². The van der Waals surface area contributed by atoms with Gasteiger partial charge in [0.2, 0.25) is 11.8 Å². The fourth-order valence-electron chi connectivity index (χ4n) is 4.51. The van der Waals surface area contributed by atoms with Crippen molar-refractivity contribution in [3.63, 3.8) is 0 Å². The second-order valence-corrected chi connectivity index (χ2v) is 9.71. The van der Waals surface area contributed by atoms with Crippen LogP contribution in [0.15, 0.2) is 5.38 Å². The summed E-state index contributed by atoms with van der Waals surface area (Å²) in [5.41, 5.74) is 0.429. The van der Waals surface area contributed by atoms with Gasteiger partial charge in [-0.3, -0.25) is 14.5 Å². The molecule has 2 N–H and O–H groups in total.